The number of benzene rings is 1. The predicted octanol–water partition coefficient (Wildman–Crippen LogP) is 2.44. The summed E-state index contributed by atoms with van der Waals surface area (Å²) in [5, 5.41) is 0. The molecule has 1 aromatic rings. The Morgan fingerprint density at radius 1 is 1.22 bits per heavy atom. The number of nitrogens with two attached hydrogens (primary N) is 1. The van der Waals surface area contributed by atoms with Crippen LogP contribution >= 0.6 is 0 Å². The van der Waals surface area contributed by atoms with E-state index < -0.39 is 5.54 Å². The zero-order valence-corrected chi connectivity index (χ0v) is 14.8. The lowest BCUT2D eigenvalue weighted by Gasteiger charge is -2.38. The van der Waals surface area contributed by atoms with Crippen LogP contribution in [0.5, 0.6) is 0 Å². The highest BCUT2D eigenvalue weighted by Gasteiger charge is 2.36. The number of amides is 1. The maximum absolute atomic E-state index is 12.9. The third-order valence-electron chi connectivity index (χ3n) is 5.13. The van der Waals surface area contributed by atoms with Crippen molar-refractivity contribution in [2.45, 2.75) is 39.2 Å². The second kappa shape index (κ2) is 7.93. The molecule has 1 fully saturated rings. The Morgan fingerprint density at radius 3 is 2.30 bits per heavy atom. The van der Waals surface area contributed by atoms with Gasteiger partial charge in [0.05, 0.1) is 0 Å². The number of hydrogen-bond acceptors (Lipinski definition) is 3. The van der Waals surface area contributed by atoms with E-state index in [-0.39, 0.29) is 5.91 Å². The summed E-state index contributed by atoms with van der Waals surface area (Å²) >= 11 is 0. The second-order valence-corrected chi connectivity index (χ2v) is 6.79. The molecule has 1 aromatic carbocycles. The molecule has 1 saturated heterocycles. The molecule has 1 aliphatic heterocycles. The van der Waals surface area contributed by atoms with E-state index in [9.17, 15) is 4.79 Å². The first kappa shape index (κ1) is 18.0. The van der Waals surface area contributed by atoms with Gasteiger partial charge in [-0.15, -0.1) is 0 Å². The van der Waals surface area contributed by atoms with Crippen LogP contribution in [0.2, 0.25) is 0 Å². The molecule has 4 heteroatoms. The van der Waals surface area contributed by atoms with E-state index in [0.717, 1.165) is 51.1 Å². The third-order valence-corrected chi connectivity index (χ3v) is 5.13. The second-order valence-electron chi connectivity index (χ2n) is 6.79. The van der Waals surface area contributed by atoms with Gasteiger partial charge >= 0.3 is 0 Å². The Bertz CT molecular complexity index is 489. The summed E-state index contributed by atoms with van der Waals surface area (Å²) in [6.45, 7) is 11.2. The van der Waals surface area contributed by atoms with Crippen molar-refractivity contribution in [2.75, 3.05) is 32.7 Å². The number of nitrogens with zero attached hydrogens (tertiary/aromatic N) is 2. The van der Waals surface area contributed by atoms with Crippen LogP contribution < -0.4 is 5.73 Å². The van der Waals surface area contributed by atoms with Crippen LogP contribution in [-0.2, 0) is 10.3 Å². The smallest absolute Gasteiger partial charge is 0.246 e. The SMILES string of the molecule is CCN(CC)CC1CCN(C(=O)C(C)(N)c2ccccc2)CC1. The Morgan fingerprint density at radius 2 is 1.78 bits per heavy atom. The molecule has 2 N–H and O–H groups in total. The van der Waals surface area contributed by atoms with E-state index in [1.165, 1.54) is 0 Å². The van der Waals surface area contributed by atoms with Gasteiger partial charge in [0.15, 0.2) is 0 Å². The van der Waals surface area contributed by atoms with E-state index in [1.54, 1.807) is 0 Å². The van der Waals surface area contributed by atoms with Crippen molar-refractivity contribution in [1.29, 1.82) is 0 Å². The minimum atomic E-state index is -0.938. The van der Waals surface area contributed by atoms with E-state index in [1.807, 2.05) is 42.2 Å². The summed E-state index contributed by atoms with van der Waals surface area (Å²) in [7, 11) is 0. The quantitative estimate of drug-likeness (QED) is 0.877. The molecule has 128 valence electrons. The van der Waals surface area contributed by atoms with E-state index in [2.05, 4.69) is 18.7 Å². The predicted molar refractivity (Wildman–Crippen MR) is 95.1 cm³/mol. The van der Waals surface area contributed by atoms with Crippen molar-refractivity contribution in [1.82, 2.24) is 9.80 Å². The Labute approximate surface area is 140 Å². The molecule has 1 unspecified atom stereocenters. The van der Waals surface area contributed by atoms with Crippen molar-refractivity contribution < 1.29 is 4.79 Å². The fourth-order valence-electron chi connectivity index (χ4n) is 3.40. The molecule has 0 bridgehead atoms. The zero-order chi connectivity index (χ0) is 16.9. The van der Waals surface area contributed by atoms with Crippen LogP contribution in [-0.4, -0.2) is 48.4 Å². The topological polar surface area (TPSA) is 49.6 Å². The maximum Gasteiger partial charge on any atom is 0.246 e. The van der Waals surface area contributed by atoms with Gasteiger partial charge in [0.2, 0.25) is 5.91 Å². The van der Waals surface area contributed by atoms with Crippen molar-refractivity contribution in [2.24, 2.45) is 11.7 Å². The van der Waals surface area contributed by atoms with E-state index in [4.69, 9.17) is 5.73 Å². The van der Waals surface area contributed by atoms with E-state index >= 15 is 0 Å². The zero-order valence-electron chi connectivity index (χ0n) is 14.8. The largest absolute Gasteiger partial charge is 0.341 e. The summed E-state index contributed by atoms with van der Waals surface area (Å²) in [6.07, 6.45) is 2.15. The molecular formula is C19H31N3O. The molecule has 0 aromatic heterocycles. The van der Waals surface area contributed by atoms with Crippen molar-refractivity contribution in [3.63, 3.8) is 0 Å². The first-order valence-electron chi connectivity index (χ1n) is 8.85. The number of carbonyl (C=O) groups excluding carboxylic acids is 1. The molecule has 1 atom stereocenters. The Kier molecular flexibility index (Phi) is 6.19. The van der Waals surface area contributed by atoms with Crippen molar-refractivity contribution in [3.8, 4) is 0 Å². The normalized spacial score (nSPS) is 18.9. The van der Waals surface area contributed by atoms with Gasteiger partial charge < -0.3 is 15.5 Å². The van der Waals surface area contributed by atoms with Crippen LogP contribution in [0.4, 0.5) is 0 Å². The lowest BCUT2D eigenvalue weighted by molar-refractivity contribution is -0.138. The lowest BCUT2D eigenvalue weighted by Crippen LogP contribution is -2.53. The van der Waals surface area contributed by atoms with Gasteiger partial charge in [-0.25, -0.2) is 0 Å². The fraction of sp³-hybridized carbons (Fsp3) is 0.632. The summed E-state index contributed by atoms with van der Waals surface area (Å²) < 4.78 is 0. The van der Waals surface area contributed by atoms with Crippen LogP contribution in [0.25, 0.3) is 0 Å². The highest BCUT2D eigenvalue weighted by molar-refractivity contribution is 5.87. The molecule has 2 rings (SSSR count). The van der Waals surface area contributed by atoms with Crippen molar-refractivity contribution in [3.05, 3.63) is 35.9 Å². The average Bonchev–Trinajstić information content (AvgIpc) is 2.60. The molecular weight excluding hydrogens is 286 g/mol. The van der Waals surface area contributed by atoms with Crippen LogP contribution in [0.1, 0.15) is 39.2 Å². The van der Waals surface area contributed by atoms with Crippen LogP contribution in [0.3, 0.4) is 0 Å². The highest BCUT2D eigenvalue weighted by Crippen LogP contribution is 2.25. The average molecular weight is 317 g/mol. The standard InChI is InChI=1S/C19H31N3O/c1-4-21(5-2)15-16-11-13-22(14-12-16)18(23)19(3,20)17-9-7-6-8-10-17/h6-10,16H,4-5,11-15,20H2,1-3H3. The van der Waals surface area contributed by atoms with Gasteiger partial charge in [-0.2, -0.15) is 0 Å². The minimum absolute atomic E-state index is 0.0463. The molecule has 4 nitrogen and oxygen atoms in total. The summed E-state index contributed by atoms with van der Waals surface area (Å²) in [5.74, 6) is 0.740. The van der Waals surface area contributed by atoms with Crippen LogP contribution in [0, 0.1) is 5.92 Å². The molecule has 1 heterocycles. The highest BCUT2D eigenvalue weighted by atomic mass is 16.2. The molecule has 1 aliphatic rings. The number of carbonyl (C=O) groups is 1. The van der Waals surface area contributed by atoms with Gasteiger partial charge in [0.1, 0.15) is 5.54 Å². The minimum Gasteiger partial charge on any atom is -0.341 e. The fourth-order valence-corrected chi connectivity index (χ4v) is 3.40. The third kappa shape index (κ3) is 4.33. The Hall–Kier alpha value is -1.39. The van der Waals surface area contributed by atoms with Crippen molar-refractivity contribution >= 4 is 5.91 Å². The molecule has 0 spiro atoms. The van der Waals surface area contributed by atoms with Gasteiger partial charge in [-0.3, -0.25) is 4.79 Å². The van der Waals surface area contributed by atoms with E-state index in [0.29, 0.717) is 5.92 Å². The first-order chi connectivity index (χ1) is 11.0. The number of piperidine rings is 1. The maximum atomic E-state index is 12.9. The molecule has 0 aliphatic carbocycles. The summed E-state index contributed by atoms with van der Waals surface area (Å²) in [6, 6.07) is 9.69. The number of hydrogen-bond donors (Lipinski definition) is 1. The first-order valence-corrected chi connectivity index (χ1v) is 8.85. The number of likely N-dealkylation sites (tertiary alicyclic amines) is 1. The molecule has 0 radical (unpaired) electrons. The summed E-state index contributed by atoms with van der Waals surface area (Å²) in [5.41, 5.74) is 6.32. The van der Waals surface area contributed by atoms with Gasteiger partial charge in [-0.05, 0) is 44.3 Å². The Balaban J connectivity index is 1.93. The van der Waals surface area contributed by atoms with Gasteiger partial charge in [0, 0.05) is 19.6 Å². The van der Waals surface area contributed by atoms with Gasteiger partial charge in [-0.1, -0.05) is 44.2 Å². The van der Waals surface area contributed by atoms with Gasteiger partial charge in [0.25, 0.3) is 0 Å². The monoisotopic (exact) mass is 317 g/mol. The molecule has 23 heavy (non-hydrogen) atoms. The molecule has 0 saturated carbocycles. The summed E-state index contributed by atoms with van der Waals surface area (Å²) in [4.78, 5) is 17.3. The lowest BCUT2D eigenvalue weighted by atomic mass is 9.89. The van der Waals surface area contributed by atoms with Crippen LogP contribution in [0.15, 0.2) is 30.3 Å². The molecule has 1 amide bonds. The number of rotatable bonds is 6.